The Hall–Kier alpha value is -8.54. The fraction of sp³-hybridized carbons (Fsp3) is 0.416. The van der Waals surface area contributed by atoms with Crippen molar-refractivity contribution < 1.29 is 36.7 Å². The van der Waals surface area contributed by atoms with Crippen molar-refractivity contribution in [3.05, 3.63) is 177 Å². The number of nitrogens with one attached hydrogen (secondary N) is 3. The Balaban J connectivity index is 0.000000174. The predicted molar refractivity (Wildman–Crippen MR) is 506 cm³/mol. The van der Waals surface area contributed by atoms with Crippen LogP contribution in [0.25, 0.3) is 44.3 Å². The monoisotopic (exact) mass is 1850 g/mol. The van der Waals surface area contributed by atoms with E-state index in [1.54, 1.807) is 65.4 Å². The molecule has 4 aliphatic heterocycles. The Labute approximate surface area is 735 Å². The minimum Gasteiger partial charge on any atom is -0.495 e. The lowest BCUT2D eigenvalue weighted by molar-refractivity contribution is 0.0982. The largest absolute Gasteiger partial charge is 0.495 e. The van der Waals surface area contributed by atoms with Crippen LogP contribution in [-0.2, 0) is 46.2 Å². The molecule has 26 nitrogen and oxygen atoms in total. The second-order valence-electron chi connectivity index (χ2n) is 32.0. The van der Waals surface area contributed by atoms with Gasteiger partial charge in [0.05, 0.1) is 50.8 Å². The quantitative estimate of drug-likeness (QED) is 0.0169. The van der Waals surface area contributed by atoms with Crippen LogP contribution in [-0.4, -0.2) is 229 Å². The second kappa shape index (κ2) is 42.2. The number of aliphatic hydroxyl groups excluding tert-OH is 1. The van der Waals surface area contributed by atoms with E-state index in [1.807, 2.05) is 97.4 Å². The number of hydrogen-bond acceptors (Lipinski definition) is 23. The molecule has 0 aliphatic carbocycles. The van der Waals surface area contributed by atoms with Gasteiger partial charge in [0, 0.05) is 205 Å². The Kier molecular flexibility index (Phi) is 32.5. The third kappa shape index (κ3) is 24.5. The van der Waals surface area contributed by atoms with Crippen molar-refractivity contribution in [3.8, 4) is 33.8 Å². The summed E-state index contributed by atoms with van der Waals surface area (Å²) in [6.07, 6.45) is 19.8. The first-order valence-corrected chi connectivity index (χ1v) is 49.8. The lowest BCUT2D eigenvalue weighted by Gasteiger charge is -2.43. The van der Waals surface area contributed by atoms with E-state index in [-0.39, 0.29) is 10.2 Å². The van der Waals surface area contributed by atoms with E-state index in [4.69, 9.17) is 41.5 Å². The molecule has 0 bridgehead atoms. The number of anilines is 9. The maximum absolute atomic E-state index is 13.7. The number of unbranched alkanes of at least 4 members (excludes halogenated alkanes) is 1. The van der Waals surface area contributed by atoms with E-state index in [1.165, 1.54) is 99.6 Å². The van der Waals surface area contributed by atoms with Gasteiger partial charge in [0.15, 0.2) is 0 Å². The number of halogens is 3. The van der Waals surface area contributed by atoms with Crippen LogP contribution < -0.4 is 51.6 Å². The van der Waals surface area contributed by atoms with E-state index in [0.29, 0.717) is 44.9 Å². The maximum Gasteiger partial charge on any atom is 0.294 e. The van der Waals surface area contributed by atoms with Gasteiger partial charge in [-0.2, -0.15) is 18.4 Å². The molecule has 0 atom stereocenters. The zero-order valence-corrected chi connectivity index (χ0v) is 78.5. The number of rotatable bonds is 21. The van der Waals surface area contributed by atoms with E-state index in [2.05, 4.69) is 179 Å². The van der Waals surface area contributed by atoms with Crippen LogP contribution in [0.4, 0.5) is 51.7 Å². The number of piperidine rings is 2. The fourth-order valence-electron chi connectivity index (χ4n) is 15.5. The lowest BCUT2D eigenvalue weighted by atomic mass is 9.99. The summed E-state index contributed by atoms with van der Waals surface area (Å²) in [7, 11) is 2.48. The van der Waals surface area contributed by atoms with Crippen LogP contribution in [0, 0.1) is 6.92 Å². The van der Waals surface area contributed by atoms with Crippen LogP contribution in [0.5, 0.6) is 11.5 Å². The van der Waals surface area contributed by atoms with Gasteiger partial charge in [0.2, 0.25) is 11.2 Å². The van der Waals surface area contributed by atoms with Crippen molar-refractivity contribution in [1.82, 2.24) is 58.6 Å². The number of aliphatic hydroxyl groups is 1. The average Bonchev–Trinajstić information content (AvgIpc) is 1.46. The standard InChI is InChI=1S/C39H49BrN9O2P.C20H18BrClN5OP.C19H32N4O.C7H8O3S.C4H10O/c1-7-26-21-33(35(51-4)23-34(26)49-14-11-30(12-15-49)48-18-16-46(2)17-19-48)44-39-42-25-31(40)37(45-39)43-32-9-8-27(22-36(32)52(5,6)50)29-20-28-10-13-47(3)38(28)41-24-29;1-27-7-6-13-8-14(10-23-19(13)27)12-4-5-16(17(9-12)29(2,3)28)25-18-15(21)11-24-20(22)26-18;1-4-15-13-17(20)19(24-3)14-18(15)23-7-5-16(6-8-23)22-11-9-21(2)10-12-22;1-6-2-4-7(5-3-6)11(8,9)10;1-2-3-4-5/h8-10,13,20-25,30H,7,11-12,14-19H2,1-6H3,(H2,42,43,44,45);4-11H,1-3H3,(H,24,25,26);13-14,16H,4-12,20H2,1-3H3;2-5H,1H3,(H,8,9,10);5H,2-4H2,1H3. The number of hydrogen-bond donors (Lipinski definition) is 6. The molecule has 0 radical (unpaired) electrons. The van der Waals surface area contributed by atoms with Gasteiger partial charge < -0.3 is 74.1 Å². The number of fused-ring (bicyclic) bond motifs is 2. The van der Waals surface area contributed by atoms with Crippen molar-refractivity contribution in [2.45, 2.75) is 96.0 Å². The lowest BCUT2D eigenvalue weighted by Crippen LogP contribution is -2.52. The molecule has 4 aliphatic rings. The van der Waals surface area contributed by atoms with Crippen LogP contribution in [0.15, 0.2) is 160 Å². The van der Waals surface area contributed by atoms with Gasteiger partial charge in [-0.05, 0) is 231 Å². The molecule has 0 spiro atoms. The summed E-state index contributed by atoms with van der Waals surface area (Å²) in [5.74, 6) is 3.03. The first-order chi connectivity index (χ1) is 57.7. The molecule has 7 N–H and O–H groups in total. The molecule has 648 valence electrons. The number of likely N-dealkylation sites (N-methyl/N-ethyl adjacent to an activating group) is 2. The first-order valence-electron chi connectivity index (χ1n) is 41.2. The number of nitrogens with two attached hydrogens (primary N) is 1. The average molecular weight is 1860 g/mol. The summed E-state index contributed by atoms with van der Waals surface area (Å²) in [6, 6.07) is 36.0. The molecule has 15 rings (SSSR count). The highest BCUT2D eigenvalue weighted by atomic mass is 79.9. The first kappa shape index (κ1) is 93.2. The minimum absolute atomic E-state index is 0.0666. The molecule has 4 saturated heterocycles. The number of benzene rings is 5. The molecule has 5 aromatic carbocycles. The summed E-state index contributed by atoms with van der Waals surface area (Å²) in [5.41, 5.74) is 20.8. The van der Waals surface area contributed by atoms with Gasteiger partial charge >= 0.3 is 0 Å². The third-order valence-corrected chi connectivity index (χ3v) is 27.9. The molecule has 10 heterocycles. The number of aromatic nitrogens is 8. The van der Waals surface area contributed by atoms with Gasteiger partial charge in [0.1, 0.15) is 48.7 Å². The van der Waals surface area contributed by atoms with Crippen molar-refractivity contribution in [1.29, 1.82) is 0 Å². The number of nitrogens with zero attached hydrogens (tertiary/aromatic N) is 14. The van der Waals surface area contributed by atoms with Crippen LogP contribution >= 0.6 is 57.7 Å². The van der Waals surface area contributed by atoms with Crippen molar-refractivity contribution >= 4 is 152 Å². The molecule has 121 heavy (non-hydrogen) atoms. The topological polar surface area (TPSA) is 296 Å². The normalized spacial score (nSPS) is 15.5. The number of methoxy groups -OCH3 is 2. The molecular weight excluding hydrogens is 1740 g/mol. The zero-order valence-electron chi connectivity index (χ0n) is 72.0. The minimum atomic E-state index is -4.02. The number of aryl methyl sites for hydroxylation is 5. The molecule has 4 fully saturated rings. The summed E-state index contributed by atoms with van der Waals surface area (Å²) in [6.45, 7) is 29.5. The number of pyridine rings is 2. The summed E-state index contributed by atoms with van der Waals surface area (Å²) in [4.78, 5) is 42.0. The van der Waals surface area contributed by atoms with Crippen molar-refractivity contribution in [2.75, 3.05) is 172 Å². The molecule has 32 heteroatoms. The Morgan fingerprint density at radius 3 is 1.40 bits per heavy atom. The van der Waals surface area contributed by atoms with Crippen LogP contribution in [0.3, 0.4) is 0 Å². The van der Waals surface area contributed by atoms with Crippen molar-refractivity contribution in [3.63, 3.8) is 0 Å². The Bertz CT molecular complexity index is 5570. The smallest absolute Gasteiger partial charge is 0.294 e. The number of nitrogen functional groups attached to an aromatic ring is 1. The fourth-order valence-corrected chi connectivity index (χ4v) is 19.0. The van der Waals surface area contributed by atoms with E-state index >= 15 is 0 Å². The highest BCUT2D eigenvalue weighted by Gasteiger charge is 2.31. The van der Waals surface area contributed by atoms with E-state index in [9.17, 15) is 17.5 Å². The van der Waals surface area contributed by atoms with Gasteiger partial charge in [-0.15, -0.1) is 0 Å². The van der Waals surface area contributed by atoms with Gasteiger partial charge in [-0.3, -0.25) is 14.4 Å². The maximum atomic E-state index is 13.7. The summed E-state index contributed by atoms with van der Waals surface area (Å²) < 4.78 is 73.0. The highest BCUT2D eigenvalue weighted by molar-refractivity contribution is 9.11. The molecule has 6 aromatic heterocycles. The SMILES string of the molecule is CCCCO.CCc1cc(N)c(OC)cc1N1CCC(N2CCN(C)CC2)CC1.CCc1cc(Nc2ncc(Br)c(Nc3ccc(-c4cnc5c(ccn5C)c4)cc3P(C)(C)=O)n2)c(OC)cc1N1CCC(N2CCN(C)CC2)CC1.Cc1ccc(S(=O)(=O)O)cc1.Cn1ccc2cc(-c3ccc(Nc4nc(Cl)ncc4Br)c(P(C)(C)=O)c3)cnc21. The second-order valence-corrected chi connectivity index (χ2v) is 41.8. The zero-order chi connectivity index (χ0) is 87.0. The number of piperazine rings is 2. The van der Waals surface area contributed by atoms with Crippen molar-refractivity contribution in [2.24, 2.45) is 14.1 Å². The molecular formula is C89H117Br2ClN18O8P2S. The van der Waals surface area contributed by atoms with Crippen LogP contribution in [0.1, 0.15) is 76.0 Å². The number of ether oxygens (including phenoxy) is 2. The molecule has 0 saturated carbocycles. The van der Waals surface area contributed by atoms with Gasteiger partial charge in [-0.1, -0.05) is 57.0 Å². The highest BCUT2D eigenvalue weighted by Crippen LogP contribution is 2.44. The van der Waals surface area contributed by atoms with Gasteiger partial charge in [0.25, 0.3) is 10.1 Å². The predicted octanol–water partition coefficient (Wildman–Crippen LogP) is 16.8. The Morgan fingerprint density at radius 2 is 0.983 bits per heavy atom. The molecule has 0 unspecified atom stereocenters. The Morgan fingerprint density at radius 1 is 0.537 bits per heavy atom. The summed E-state index contributed by atoms with van der Waals surface area (Å²) in [5, 5.41) is 21.9. The molecule has 0 amide bonds. The molecule has 11 aromatic rings. The third-order valence-electron chi connectivity index (χ3n) is 22.6. The summed E-state index contributed by atoms with van der Waals surface area (Å²) >= 11 is 13.0. The van der Waals surface area contributed by atoms with Gasteiger partial charge in [-0.25, -0.2) is 19.9 Å². The van der Waals surface area contributed by atoms with Crippen LogP contribution in [0.2, 0.25) is 5.28 Å². The van der Waals surface area contributed by atoms with E-state index in [0.717, 1.165) is 160 Å². The van der Waals surface area contributed by atoms with E-state index < -0.39 is 24.4 Å².